The summed E-state index contributed by atoms with van der Waals surface area (Å²) in [5.41, 5.74) is -0.529. The third kappa shape index (κ3) is 2.94. The first-order valence-corrected chi connectivity index (χ1v) is 5.62. The second kappa shape index (κ2) is 5.53. The van der Waals surface area contributed by atoms with E-state index in [2.05, 4.69) is 4.98 Å². The van der Waals surface area contributed by atoms with Gasteiger partial charge in [0.15, 0.2) is 12.4 Å². The SMILES string of the molecule is Cn1c([N+](=O)[O-])cnc1COc1ccc(F)cc1[N+](=O)[O-]. The minimum Gasteiger partial charge on any atom is -0.476 e. The topological polar surface area (TPSA) is 113 Å². The summed E-state index contributed by atoms with van der Waals surface area (Å²) in [4.78, 5) is 23.9. The van der Waals surface area contributed by atoms with Crippen molar-refractivity contribution >= 4 is 11.5 Å². The van der Waals surface area contributed by atoms with Crippen LogP contribution in [0.15, 0.2) is 24.4 Å². The van der Waals surface area contributed by atoms with Crippen LogP contribution in [0.5, 0.6) is 5.75 Å². The highest BCUT2D eigenvalue weighted by Crippen LogP contribution is 2.28. The minimum atomic E-state index is -0.778. The molecule has 1 heterocycles. The molecular weight excluding hydrogens is 287 g/mol. The summed E-state index contributed by atoms with van der Waals surface area (Å²) in [5.74, 6) is -0.934. The molecule has 1 aromatic heterocycles. The van der Waals surface area contributed by atoms with Crippen LogP contribution in [0.1, 0.15) is 5.82 Å². The van der Waals surface area contributed by atoms with Gasteiger partial charge in [-0.05, 0) is 17.1 Å². The van der Waals surface area contributed by atoms with Crippen molar-refractivity contribution in [2.75, 3.05) is 0 Å². The number of imidazole rings is 1. The number of ether oxygens (including phenoxy) is 1. The van der Waals surface area contributed by atoms with Crippen molar-refractivity contribution in [1.29, 1.82) is 0 Å². The number of rotatable bonds is 5. The summed E-state index contributed by atoms with van der Waals surface area (Å²) in [5, 5.41) is 21.5. The molecule has 21 heavy (non-hydrogen) atoms. The fourth-order valence-corrected chi connectivity index (χ4v) is 1.64. The first-order valence-electron chi connectivity index (χ1n) is 5.62. The monoisotopic (exact) mass is 296 g/mol. The summed E-state index contributed by atoms with van der Waals surface area (Å²) in [6, 6.07) is 2.87. The van der Waals surface area contributed by atoms with E-state index in [1.807, 2.05) is 0 Å². The maximum atomic E-state index is 13.0. The van der Waals surface area contributed by atoms with Crippen LogP contribution in [0.25, 0.3) is 0 Å². The van der Waals surface area contributed by atoms with Crippen LogP contribution in [0.3, 0.4) is 0 Å². The molecule has 0 amide bonds. The highest BCUT2D eigenvalue weighted by Gasteiger charge is 2.20. The maximum Gasteiger partial charge on any atom is 0.342 e. The van der Waals surface area contributed by atoms with Gasteiger partial charge in [0, 0.05) is 0 Å². The summed E-state index contributed by atoms with van der Waals surface area (Å²) < 4.78 is 19.4. The van der Waals surface area contributed by atoms with E-state index in [-0.39, 0.29) is 24.0 Å². The van der Waals surface area contributed by atoms with E-state index >= 15 is 0 Å². The second-order valence-corrected chi connectivity index (χ2v) is 4.01. The summed E-state index contributed by atoms with van der Waals surface area (Å²) in [6.45, 7) is -0.225. The molecule has 0 fully saturated rings. The Bertz CT molecular complexity index is 715. The molecule has 0 atom stereocenters. The number of nitro groups is 2. The fraction of sp³-hybridized carbons (Fsp3) is 0.182. The van der Waals surface area contributed by atoms with E-state index in [1.165, 1.54) is 11.6 Å². The molecule has 0 N–H and O–H groups in total. The number of hydrogen-bond acceptors (Lipinski definition) is 6. The first-order chi connectivity index (χ1) is 9.90. The molecule has 0 unspecified atom stereocenters. The highest BCUT2D eigenvalue weighted by molar-refractivity contribution is 5.46. The lowest BCUT2D eigenvalue weighted by atomic mass is 10.3. The highest BCUT2D eigenvalue weighted by atomic mass is 19.1. The summed E-state index contributed by atoms with van der Waals surface area (Å²) in [6.07, 6.45) is 1.05. The Kier molecular flexibility index (Phi) is 3.78. The number of nitrogens with zero attached hydrogens (tertiary/aromatic N) is 4. The van der Waals surface area contributed by atoms with Gasteiger partial charge < -0.3 is 14.9 Å². The van der Waals surface area contributed by atoms with Gasteiger partial charge in [-0.3, -0.25) is 10.1 Å². The lowest BCUT2D eigenvalue weighted by molar-refractivity contribution is -0.391. The Morgan fingerprint density at radius 3 is 2.62 bits per heavy atom. The summed E-state index contributed by atoms with van der Waals surface area (Å²) in [7, 11) is 1.42. The predicted octanol–water partition coefficient (Wildman–Crippen LogP) is 1.95. The lowest BCUT2D eigenvalue weighted by Gasteiger charge is -2.05. The van der Waals surface area contributed by atoms with E-state index < -0.39 is 21.4 Å². The van der Waals surface area contributed by atoms with Gasteiger partial charge >= 0.3 is 11.5 Å². The van der Waals surface area contributed by atoms with Crippen LogP contribution in [-0.2, 0) is 13.7 Å². The molecule has 0 saturated carbocycles. The number of hydrogen-bond donors (Lipinski definition) is 0. The number of halogens is 1. The molecule has 110 valence electrons. The molecule has 0 saturated heterocycles. The Morgan fingerprint density at radius 2 is 2.05 bits per heavy atom. The average molecular weight is 296 g/mol. The molecule has 0 bridgehead atoms. The molecule has 0 aliphatic carbocycles. The number of aromatic nitrogens is 2. The Morgan fingerprint density at radius 1 is 1.33 bits per heavy atom. The molecule has 10 heteroatoms. The van der Waals surface area contributed by atoms with E-state index in [1.54, 1.807) is 0 Å². The van der Waals surface area contributed by atoms with E-state index in [0.717, 1.165) is 24.4 Å². The van der Waals surface area contributed by atoms with Crippen LogP contribution < -0.4 is 4.74 Å². The van der Waals surface area contributed by atoms with Crippen molar-refractivity contribution in [3.8, 4) is 5.75 Å². The smallest absolute Gasteiger partial charge is 0.342 e. The van der Waals surface area contributed by atoms with Gasteiger partial charge in [0.1, 0.15) is 12.0 Å². The average Bonchev–Trinajstić information content (AvgIpc) is 2.78. The van der Waals surface area contributed by atoms with Crippen molar-refractivity contribution in [1.82, 2.24) is 9.55 Å². The zero-order valence-electron chi connectivity index (χ0n) is 10.7. The van der Waals surface area contributed by atoms with Gasteiger partial charge in [-0.25, -0.2) is 13.9 Å². The minimum absolute atomic E-state index is 0.146. The van der Waals surface area contributed by atoms with Gasteiger partial charge in [0.25, 0.3) is 0 Å². The van der Waals surface area contributed by atoms with Gasteiger partial charge in [0.05, 0.1) is 18.0 Å². The van der Waals surface area contributed by atoms with Crippen molar-refractivity contribution in [3.63, 3.8) is 0 Å². The Labute approximate surface area is 116 Å². The van der Waals surface area contributed by atoms with Crippen molar-refractivity contribution in [2.45, 2.75) is 6.61 Å². The van der Waals surface area contributed by atoms with Gasteiger partial charge in [-0.2, -0.15) is 0 Å². The number of nitro benzene ring substituents is 1. The van der Waals surface area contributed by atoms with Gasteiger partial charge in [-0.15, -0.1) is 0 Å². The van der Waals surface area contributed by atoms with Crippen LogP contribution in [0, 0.1) is 26.0 Å². The summed E-state index contributed by atoms with van der Waals surface area (Å²) >= 11 is 0. The standard InChI is InChI=1S/C11H9FN4O5/c1-14-10(13-5-11(14)16(19)20)6-21-9-3-2-7(12)4-8(9)15(17)18/h2-5H,6H2,1H3. The Hall–Kier alpha value is -3.04. The lowest BCUT2D eigenvalue weighted by Crippen LogP contribution is -2.06. The third-order valence-corrected chi connectivity index (χ3v) is 2.72. The molecule has 2 rings (SSSR count). The first kappa shape index (κ1) is 14.4. The van der Waals surface area contributed by atoms with Crippen LogP contribution in [-0.4, -0.2) is 19.4 Å². The van der Waals surface area contributed by atoms with Crippen molar-refractivity contribution in [3.05, 3.63) is 56.3 Å². The fourth-order valence-electron chi connectivity index (χ4n) is 1.64. The van der Waals surface area contributed by atoms with Crippen molar-refractivity contribution in [2.24, 2.45) is 7.05 Å². The molecule has 0 aliphatic heterocycles. The van der Waals surface area contributed by atoms with E-state index in [4.69, 9.17) is 4.74 Å². The van der Waals surface area contributed by atoms with Crippen LogP contribution >= 0.6 is 0 Å². The van der Waals surface area contributed by atoms with Crippen LogP contribution in [0.4, 0.5) is 15.9 Å². The third-order valence-electron chi connectivity index (χ3n) is 2.72. The molecule has 9 nitrogen and oxygen atoms in total. The molecule has 0 spiro atoms. The zero-order chi connectivity index (χ0) is 15.6. The normalized spacial score (nSPS) is 10.4. The Balaban J connectivity index is 2.21. The largest absolute Gasteiger partial charge is 0.476 e. The van der Waals surface area contributed by atoms with Crippen molar-refractivity contribution < 1.29 is 19.0 Å². The maximum absolute atomic E-state index is 13.0. The molecule has 1 aromatic carbocycles. The van der Waals surface area contributed by atoms with Gasteiger partial charge in [-0.1, -0.05) is 0 Å². The quantitative estimate of drug-likeness (QED) is 0.615. The molecule has 0 radical (unpaired) electrons. The van der Waals surface area contributed by atoms with Gasteiger partial charge in [0.2, 0.25) is 5.82 Å². The second-order valence-electron chi connectivity index (χ2n) is 4.01. The molecule has 0 aliphatic rings. The predicted molar refractivity (Wildman–Crippen MR) is 67.2 cm³/mol. The van der Waals surface area contributed by atoms with E-state index in [0.29, 0.717) is 0 Å². The zero-order valence-corrected chi connectivity index (χ0v) is 10.7. The molecular formula is C11H9FN4O5. The molecule has 2 aromatic rings. The van der Waals surface area contributed by atoms with E-state index in [9.17, 15) is 24.6 Å². The van der Waals surface area contributed by atoms with Crippen LogP contribution in [0.2, 0.25) is 0 Å². The number of benzene rings is 1.